The maximum Gasteiger partial charge on any atom is 0.260 e. The van der Waals surface area contributed by atoms with E-state index in [4.69, 9.17) is 16.3 Å². The highest BCUT2D eigenvalue weighted by molar-refractivity contribution is 6.32. The lowest BCUT2D eigenvalue weighted by Crippen LogP contribution is -2.35. The molecule has 0 bridgehead atoms. The van der Waals surface area contributed by atoms with E-state index < -0.39 is 0 Å². The minimum absolute atomic E-state index is 0.0503. The number of para-hydroxylation sites is 1. The van der Waals surface area contributed by atoms with Gasteiger partial charge in [0.1, 0.15) is 5.75 Å². The van der Waals surface area contributed by atoms with E-state index >= 15 is 0 Å². The first-order valence-electron chi connectivity index (χ1n) is 6.60. The van der Waals surface area contributed by atoms with Gasteiger partial charge in [0.2, 0.25) is 0 Å². The van der Waals surface area contributed by atoms with E-state index in [1.165, 1.54) is 0 Å². The fraction of sp³-hybridized carbons (Fsp3) is 0.500. The molecule has 0 spiro atoms. The van der Waals surface area contributed by atoms with Crippen LogP contribution in [-0.2, 0) is 4.79 Å². The van der Waals surface area contributed by atoms with Crippen molar-refractivity contribution in [3.05, 3.63) is 29.3 Å². The van der Waals surface area contributed by atoms with E-state index in [9.17, 15) is 4.79 Å². The highest BCUT2D eigenvalue weighted by Gasteiger charge is 2.37. The topological polar surface area (TPSA) is 41.6 Å². The molecule has 1 N–H and O–H groups in total. The molecule has 0 radical (unpaired) electrons. The fourth-order valence-corrected chi connectivity index (χ4v) is 3.04. The molecule has 0 saturated carbocycles. The molecule has 102 valence electrons. The highest BCUT2D eigenvalue weighted by Crippen LogP contribution is 2.27. The second-order valence-electron chi connectivity index (χ2n) is 5.20. The molecule has 2 heterocycles. The molecule has 0 aromatic heterocycles. The van der Waals surface area contributed by atoms with E-state index in [2.05, 4.69) is 5.32 Å². The predicted molar refractivity (Wildman–Crippen MR) is 73.4 cm³/mol. The highest BCUT2D eigenvalue weighted by atomic mass is 35.5. The Morgan fingerprint density at radius 3 is 2.68 bits per heavy atom. The largest absolute Gasteiger partial charge is 0.482 e. The summed E-state index contributed by atoms with van der Waals surface area (Å²) >= 11 is 5.99. The van der Waals surface area contributed by atoms with Crippen LogP contribution >= 0.6 is 11.6 Å². The number of rotatable bonds is 3. The van der Waals surface area contributed by atoms with Crippen molar-refractivity contribution in [3.63, 3.8) is 0 Å². The Morgan fingerprint density at radius 1 is 1.32 bits per heavy atom. The van der Waals surface area contributed by atoms with Gasteiger partial charge in [0, 0.05) is 26.2 Å². The van der Waals surface area contributed by atoms with E-state index in [0.717, 1.165) is 26.2 Å². The first kappa shape index (κ1) is 12.8. The Kier molecular flexibility index (Phi) is 3.62. The maximum atomic E-state index is 12.1. The molecule has 5 heteroatoms. The van der Waals surface area contributed by atoms with Gasteiger partial charge >= 0.3 is 0 Å². The van der Waals surface area contributed by atoms with Gasteiger partial charge in [-0.1, -0.05) is 23.7 Å². The summed E-state index contributed by atoms with van der Waals surface area (Å²) in [6, 6.07) is 7.22. The van der Waals surface area contributed by atoms with Gasteiger partial charge in [-0.25, -0.2) is 0 Å². The van der Waals surface area contributed by atoms with E-state index in [0.29, 0.717) is 22.6 Å². The zero-order chi connectivity index (χ0) is 13.2. The lowest BCUT2D eigenvalue weighted by Gasteiger charge is -2.18. The van der Waals surface area contributed by atoms with Crippen LogP contribution in [0.2, 0.25) is 5.02 Å². The van der Waals surface area contributed by atoms with Crippen LogP contribution in [0, 0.1) is 11.8 Å². The number of carbonyl (C=O) groups is 1. The summed E-state index contributed by atoms with van der Waals surface area (Å²) in [4.78, 5) is 14.0. The second-order valence-corrected chi connectivity index (χ2v) is 5.60. The Balaban J connectivity index is 1.54. The van der Waals surface area contributed by atoms with Crippen LogP contribution in [0.4, 0.5) is 0 Å². The number of ether oxygens (including phenoxy) is 1. The van der Waals surface area contributed by atoms with Crippen LogP contribution in [0.5, 0.6) is 5.75 Å². The van der Waals surface area contributed by atoms with Crippen molar-refractivity contribution in [1.29, 1.82) is 0 Å². The molecule has 3 rings (SSSR count). The Morgan fingerprint density at radius 2 is 2.00 bits per heavy atom. The third-order valence-electron chi connectivity index (χ3n) is 3.93. The Bertz CT molecular complexity index is 468. The minimum atomic E-state index is 0.0503. The standard InChI is InChI=1S/C14H17ClN2O2/c15-12-3-1-2-4-13(12)19-9-14(18)17-7-10-5-16-6-11(10)8-17/h1-4,10-11,16H,5-9H2/t10-,11+. The minimum Gasteiger partial charge on any atom is -0.482 e. The molecule has 2 aliphatic heterocycles. The van der Waals surface area contributed by atoms with Crippen molar-refractivity contribution in [2.24, 2.45) is 11.8 Å². The monoisotopic (exact) mass is 280 g/mol. The molecule has 2 fully saturated rings. The molecule has 2 aliphatic rings. The first-order chi connectivity index (χ1) is 9.24. The van der Waals surface area contributed by atoms with Crippen LogP contribution < -0.4 is 10.1 Å². The number of carbonyl (C=O) groups excluding carboxylic acids is 1. The van der Waals surface area contributed by atoms with Gasteiger partial charge in [-0.05, 0) is 24.0 Å². The molecule has 1 amide bonds. The summed E-state index contributed by atoms with van der Waals surface area (Å²) in [5, 5.41) is 3.90. The van der Waals surface area contributed by atoms with Crippen LogP contribution in [0.15, 0.2) is 24.3 Å². The van der Waals surface area contributed by atoms with Crippen LogP contribution in [0.3, 0.4) is 0 Å². The van der Waals surface area contributed by atoms with Gasteiger partial charge in [-0.15, -0.1) is 0 Å². The van der Waals surface area contributed by atoms with Crippen LogP contribution in [0.25, 0.3) is 0 Å². The molecule has 0 aliphatic carbocycles. The van der Waals surface area contributed by atoms with Gasteiger partial charge in [0.15, 0.2) is 6.61 Å². The first-order valence-corrected chi connectivity index (χ1v) is 6.97. The molecule has 4 nitrogen and oxygen atoms in total. The number of amides is 1. The molecule has 2 saturated heterocycles. The van der Waals surface area contributed by atoms with Crippen molar-refractivity contribution < 1.29 is 9.53 Å². The summed E-state index contributed by atoms with van der Waals surface area (Å²) in [5.74, 6) is 1.85. The summed E-state index contributed by atoms with van der Waals surface area (Å²) in [5.41, 5.74) is 0. The lowest BCUT2D eigenvalue weighted by atomic mass is 10.0. The maximum absolute atomic E-state index is 12.1. The summed E-state index contributed by atoms with van der Waals surface area (Å²) in [6.07, 6.45) is 0. The number of hydrogen-bond donors (Lipinski definition) is 1. The predicted octanol–water partition coefficient (Wildman–Crippen LogP) is 1.40. The molecule has 2 atom stereocenters. The Labute approximate surface area is 117 Å². The SMILES string of the molecule is O=C(COc1ccccc1Cl)N1C[C@H]2CNC[C@H]2C1. The van der Waals surface area contributed by atoms with Gasteiger partial charge < -0.3 is 15.0 Å². The van der Waals surface area contributed by atoms with E-state index in [1.54, 1.807) is 12.1 Å². The van der Waals surface area contributed by atoms with Crippen LogP contribution in [-0.4, -0.2) is 43.6 Å². The van der Waals surface area contributed by atoms with Crippen molar-refractivity contribution in [2.45, 2.75) is 0 Å². The van der Waals surface area contributed by atoms with Gasteiger partial charge in [-0.3, -0.25) is 4.79 Å². The number of likely N-dealkylation sites (tertiary alicyclic amines) is 1. The number of nitrogens with zero attached hydrogens (tertiary/aromatic N) is 1. The zero-order valence-corrected chi connectivity index (χ0v) is 11.4. The van der Waals surface area contributed by atoms with Crippen molar-refractivity contribution in [3.8, 4) is 5.75 Å². The van der Waals surface area contributed by atoms with E-state index in [1.807, 2.05) is 17.0 Å². The number of halogens is 1. The molecule has 1 aromatic rings. The smallest absolute Gasteiger partial charge is 0.260 e. The molecular weight excluding hydrogens is 264 g/mol. The molecular formula is C14H17ClN2O2. The van der Waals surface area contributed by atoms with E-state index in [-0.39, 0.29) is 12.5 Å². The van der Waals surface area contributed by atoms with Gasteiger partial charge in [0.05, 0.1) is 5.02 Å². The summed E-state index contributed by atoms with van der Waals surface area (Å²) in [7, 11) is 0. The summed E-state index contributed by atoms with van der Waals surface area (Å²) < 4.78 is 5.49. The van der Waals surface area contributed by atoms with Crippen molar-refractivity contribution in [2.75, 3.05) is 32.8 Å². The number of fused-ring (bicyclic) bond motifs is 1. The third-order valence-corrected chi connectivity index (χ3v) is 4.24. The van der Waals surface area contributed by atoms with Crippen molar-refractivity contribution in [1.82, 2.24) is 10.2 Å². The van der Waals surface area contributed by atoms with Gasteiger partial charge in [-0.2, -0.15) is 0 Å². The molecule has 1 aromatic carbocycles. The molecule has 0 unspecified atom stereocenters. The van der Waals surface area contributed by atoms with Crippen molar-refractivity contribution >= 4 is 17.5 Å². The third kappa shape index (κ3) is 2.69. The number of benzene rings is 1. The normalized spacial score (nSPS) is 25.4. The molecule has 19 heavy (non-hydrogen) atoms. The van der Waals surface area contributed by atoms with Crippen LogP contribution in [0.1, 0.15) is 0 Å². The van der Waals surface area contributed by atoms with Gasteiger partial charge in [0.25, 0.3) is 5.91 Å². The quantitative estimate of drug-likeness (QED) is 0.910. The summed E-state index contributed by atoms with van der Waals surface area (Å²) in [6.45, 7) is 3.82. The zero-order valence-electron chi connectivity index (χ0n) is 10.6. The lowest BCUT2D eigenvalue weighted by molar-refractivity contribution is -0.132. The average molecular weight is 281 g/mol. The number of nitrogens with one attached hydrogen (secondary N) is 1. The second kappa shape index (κ2) is 5.39. The average Bonchev–Trinajstić information content (AvgIpc) is 2.98. The fourth-order valence-electron chi connectivity index (χ4n) is 2.85. The Hall–Kier alpha value is -1.26. The number of hydrogen-bond acceptors (Lipinski definition) is 3.